The minimum Gasteiger partial charge on any atom is -0.478 e. The molecule has 0 spiro atoms. The van der Waals surface area contributed by atoms with Gasteiger partial charge in [0.1, 0.15) is 5.75 Å². The van der Waals surface area contributed by atoms with Crippen molar-refractivity contribution in [1.29, 1.82) is 0 Å². The van der Waals surface area contributed by atoms with E-state index in [4.69, 9.17) is 16.3 Å². The average Bonchev–Trinajstić information content (AvgIpc) is 2.46. The molecule has 0 aliphatic carbocycles. The molecule has 0 aliphatic heterocycles. The fourth-order valence-electron chi connectivity index (χ4n) is 1.72. The zero-order valence-corrected chi connectivity index (χ0v) is 12.3. The van der Waals surface area contributed by atoms with Crippen molar-refractivity contribution >= 4 is 29.2 Å². The minimum absolute atomic E-state index is 0.138. The normalized spacial score (nSPS) is 10.8. The van der Waals surface area contributed by atoms with Gasteiger partial charge in [-0.2, -0.15) is 0 Å². The smallest absolute Gasteiger partial charge is 0.162 e. The van der Waals surface area contributed by atoms with Crippen molar-refractivity contribution in [2.75, 3.05) is 25.1 Å². The Morgan fingerprint density at radius 1 is 1.15 bits per heavy atom. The van der Waals surface area contributed by atoms with Crippen LogP contribution in [0.4, 0.5) is 11.4 Å². The van der Waals surface area contributed by atoms with Gasteiger partial charge in [-0.15, -0.1) is 0 Å². The molecule has 0 saturated heterocycles. The summed E-state index contributed by atoms with van der Waals surface area (Å²) in [5.74, 6) is 0.720. The molecule has 0 radical (unpaired) electrons. The Kier molecular flexibility index (Phi) is 5.02. The second kappa shape index (κ2) is 6.96. The maximum absolute atomic E-state index is 5.54. The predicted octanol–water partition coefficient (Wildman–Crippen LogP) is 4.08. The van der Waals surface area contributed by atoms with E-state index in [1.165, 1.54) is 5.69 Å². The number of rotatable bonds is 5. The Morgan fingerprint density at radius 3 is 2.55 bits per heavy atom. The molecule has 2 rings (SSSR count). The van der Waals surface area contributed by atoms with Crippen LogP contribution >= 0.6 is 11.6 Å². The van der Waals surface area contributed by atoms with Gasteiger partial charge in [0.2, 0.25) is 0 Å². The van der Waals surface area contributed by atoms with Crippen LogP contribution in [0.2, 0.25) is 0 Å². The van der Waals surface area contributed by atoms with Crippen molar-refractivity contribution in [3.05, 3.63) is 54.1 Å². The topological polar surface area (TPSA) is 24.8 Å². The van der Waals surface area contributed by atoms with Crippen molar-refractivity contribution in [2.45, 2.75) is 0 Å². The number of anilines is 1. The number of hydrogen-bond acceptors (Lipinski definition) is 3. The minimum atomic E-state index is 0.138. The van der Waals surface area contributed by atoms with E-state index < -0.39 is 0 Å². The molecule has 0 amide bonds. The van der Waals surface area contributed by atoms with Crippen molar-refractivity contribution < 1.29 is 4.74 Å². The quantitative estimate of drug-likeness (QED) is 0.612. The third kappa shape index (κ3) is 4.00. The number of alkyl halides is 1. The van der Waals surface area contributed by atoms with Crippen LogP contribution in [0.3, 0.4) is 0 Å². The van der Waals surface area contributed by atoms with Gasteiger partial charge >= 0.3 is 0 Å². The summed E-state index contributed by atoms with van der Waals surface area (Å²) in [6, 6.07) is 15.9. The lowest BCUT2D eigenvalue weighted by Crippen LogP contribution is -2.08. The van der Waals surface area contributed by atoms with Gasteiger partial charge in [0.15, 0.2) is 6.07 Å². The molecule has 0 saturated carbocycles. The maximum Gasteiger partial charge on any atom is 0.162 e. The Balaban J connectivity index is 2.10. The van der Waals surface area contributed by atoms with E-state index in [2.05, 4.69) is 22.0 Å². The van der Waals surface area contributed by atoms with Crippen LogP contribution in [0.15, 0.2) is 53.5 Å². The SMILES string of the molecule is CN(C)c1ccc(/C=N/c2cccc(OCCl)c2)cc1. The van der Waals surface area contributed by atoms with Gasteiger partial charge in [0, 0.05) is 32.1 Å². The highest BCUT2D eigenvalue weighted by molar-refractivity contribution is 6.17. The van der Waals surface area contributed by atoms with Crippen LogP contribution in [-0.2, 0) is 0 Å². The largest absolute Gasteiger partial charge is 0.478 e. The van der Waals surface area contributed by atoms with Crippen LogP contribution < -0.4 is 9.64 Å². The molecule has 4 heteroatoms. The van der Waals surface area contributed by atoms with Crippen molar-refractivity contribution in [2.24, 2.45) is 4.99 Å². The van der Waals surface area contributed by atoms with E-state index in [0.717, 1.165) is 17.0 Å². The Labute approximate surface area is 124 Å². The lowest BCUT2D eigenvalue weighted by atomic mass is 10.2. The summed E-state index contributed by atoms with van der Waals surface area (Å²) in [6.07, 6.45) is 1.83. The molecule has 20 heavy (non-hydrogen) atoms. The molecule has 0 aromatic heterocycles. The van der Waals surface area contributed by atoms with Crippen molar-refractivity contribution in [3.63, 3.8) is 0 Å². The Bertz CT molecular complexity index is 579. The number of aliphatic imine (C=N–C) groups is 1. The summed E-state index contributed by atoms with van der Waals surface area (Å²) in [4.78, 5) is 6.50. The molecule has 0 unspecified atom stereocenters. The van der Waals surface area contributed by atoms with Gasteiger partial charge < -0.3 is 9.64 Å². The molecule has 0 bridgehead atoms. The zero-order chi connectivity index (χ0) is 14.4. The van der Waals surface area contributed by atoms with Crippen LogP contribution in [0.5, 0.6) is 5.75 Å². The summed E-state index contributed by atoms with van der Waals surface area (Å²) >= 11 is 5.54. The van der Waals surface area contributed by atoms with E-state index in [9.17, 15) is 0 Å². The monoisotopic (exact) mass is 288 g/mol. The zero-order valence-electron chi connectivity index (χ0n) is 11.6. The van der Waals surface area contributed by atoms with E-state index in [1.807, 2.05) is 56.7 Å². The second-order valence-corrected chi connectivity index (χ2v) is 4.71. The van der Waals surface area contributed by atoms with Crippen LogP contribution in [0.25, 0.3) is 0 Å². The third-order valence-corrected chi connectivity index (χ3v) is 2.92. The fraction of sp³-hybridized carbons (Fsp3) is 0.188. The van der Waals surface area contributed by atoms with Gasteiger partial charge in [0.25, 0.3) is 0 Å². The van der Waals surface area contributed by atoms with E-state index in [0.29, 0.717) is 0 Å². The second-order valence-electron chi connectivity index (χ2n) is 4.49. The summed E-state index contributed by atoms with van der Waals surface area (Å²) < 4.78 is 5.23. The van der Waals surface area contributed by atoms with Crippen LogP contribution in [-0.4, -0.2) is 26.4 Å². The molecule has 104 valence electrons. The van der Waals surface area contributed by atoms with Gasteiger partial charge in [0.05, 0.1) is 5.69 Å². The van der Waals surface area contributed by atoms with Crippen molar-refractivity contribution in [3.8, 4) is 5.75 Å². The van der Waals surface area contributed by atoms with Gasteiger partial charge in [-0.1, -0.05) is 29.8 Å². The number of hydrogen-bond donors (Lipinski definition) is 0. The third-order valence-electron chi connectivity index (χ3n) is 2.81. The average molecular weight is 289 g/mol. The number of halogens is 1. The molecule has 0 heterocycles. The Morgan fingerprint density at radius 2 is 1.90 bits per heavy atom. The summed E-state index contributed by atoms with van der Waals surface area (Å²) in [5, 5.41) is 0. The first-order chi connectivity index (χ1) is 9.69. The molecule has 0 atom stereocenters. The highest BCUT2D eigenvalue weighted by Crippen LogP contribution is 2.20. The number of benzene rings is 2. The van der Waals surface area contributed by atoms with Crippen LogP contribution in [0.1, 0.15) is 5.56 Å². The first kappa shape index (κ1) is 14.4. The van der Waals surface area contributed by atoms with Gasteiger partial charge in [-0.3, -0.25) is 4.99 Å². The summed E-state index contributed by atoms with van der Waals surface area (Å²) in [7, 11) is 4.04. The first-order valence-electron chi connectivity index (χ1n) is 6.29. The lowest BCUT2D eigenvalue weighted by molar-refractivity contribution is 0.388. The number of ether oxygens (including phenoxy) is 1. The van der Waals surface area contributed by atoms with E-state index in [-0.39, 0.29) is 6.07 Å². The molecular formula is C16H17ClN2O. The fourth-order valence-corrected chi connectivity index (χ4v) is 1.85. The predicted molar refractivity (Wildman–Crippen MR) is 85.8 cm³/mol. The first-order valence-corrected chi connectivity index (χ1v) is 6.83. The van der Waals surface area contributed by atoms with E-state index in [1.54, 1.807) is 0 Å². The van der Waals surface area contributed by atoms with Crippen molar-refractivity contribution in [1.82, 2.24) is 0 Å². The maximum atomic E-state index is 5.54. The summed E-state index contributed by atoms with van der Waals surface area (Å²) in [6.45, 7) is 0. The Hall–Kier alpha value is -2.00. The molecule has 3 nitrogen and oxygen atoms in total. The van der Waals surface area contributed by atoms with E-state index >= 15 is 0 Å². The molecule has 0 N–H and O–H groups in total. The van der Waals surface area contributed by atoms with Gasteiger partial charge in [-0.25, -0.2) is 0 Å². The molecule has 2 aromatic carbocycles. The standard InChI is InChI=1S/C16H17ClN2O/c1-19(2)15-8-6-13(7-9-15)11-18-14-4-3-5-16(10-14)20-12-17/h3-11H,12H2,1-2H3/b18-11+. The molecule has 0 aliphatic rings. The molecule has 0 fully saturated rings. The molecule has 2 aromatic rings. The summed E-state index contributed by atoms with van der Waals surface area (Å²) in [5.41, 5.74) is 3.06. The highest BCUT2D eigenvalue weighted by Gasteiger charge is 1.96. The molecular weight excluding hydrogens is 272 g/mol. The van der Waals surface area contributed by atoms with Crippen LogP contribution in [0, 0.1) is 0 Å². The van der Waals surface area contributed by atoms with Gasteiger partial charge in [-0.05, 0) is 29.8 Å². The lowest BCUT2D eigenvalue weighted by Gasteiger charge is -2.11. The highest BCUT2D eigenvalue weighted by atomic mass is 35.5. The number of nitrogens with zero attached hydrogens (tertiary/aromatic N) is 2.